The summed E-state index contributed by atoms with van der Waals surface area (Å²) in [6.45, 7) is 6.81. The second kappa shape index (κ2) is 7.63. The molecule has 1 fully saturated rings. The maximum Gasteiger partial charge on any atom is 0.0791 e. The molecule has 1 heterocycles. The lowest BCUT2D eigenvalue weighted by molar-refractivity contribution is 0.123. The summed E-state index contributed by atoms with van der Waals surface area (Å²) >= 11 is 0. The third-order valence-electron chi connectivity index (χ3n) is 3.82. The number of aliphatic hydroxyl groups is 1. The van der Waals surface area contributed by atoms with Crippen LogP contribution in [0.1, 0.15) is 31.2 Å². The van der Waals surface area contributed by atoms with Crippen molar-refractivity contribution in [2.24, 2.45) is 0 Å². The lowest BCUT2D eigenvalue weighted by atomic mass is 9.99. The van der Waals surface area contributed by atoms with Gasteiger partial charge >= 0.3 is 0 Å². The van der Waals surface area contributed by atoms with E-state index in [0.717, 1.165) is 32.6 Å². The number of nitrogens with zero attached hydrogens (tertiary/aromatic N) is 1. The van der Waals surface area contributed by atoms with Gasteiger partial charge in [0.2, 0.25) is 0 Å². The Labute approximate surface area is 116 Å². The summed E-state index contributed by atoms with van der Waals surface area (Å²) in [6.07, 6.45) is 2.08. The average molecular weight is 262 g/mol. The van der Waals surface area contributed by atoms with Crippen molar-refractivity contribution < 1.29 is 5.11 Å². The van der Waals surface area contributed by atoms with Crippen LogP contribution in [0, 0.1) is 0 Å². The first kappa shape index (κ1) is 14.5. The number of aliphatic hydroxyl groups excluding tert-OH is 1. The van der Waals surface area contributed by atoms with Gasteiger partial charge in [-0.3, -0.25) is 0 Å². The van der Waals surface area contributed by atoms with E-state index in [1.807, 2.05) is 0 Å². The molecule has 0 aromatic heterocycles. The fourth-order valence-electron chi connectivity index (χ4n) is 2.80. The Kier molecular flexibility index (Phi) is 5.83. The summed E-state index contributed by atoms with van der Waals surface area (Å²) in [4.78, 5) is 2.38. The monoisotopic (exact) mass is 262 g/mol. The van der Waals surface area contributed by atoms with Gasteiger partial charge in [0.15, 0.2) is 0 Å². The van der Waals surface area contributed by atoms with Gasteiger partial charge in [0.25, 0.3) is 0 Å². The van der Waals surface area contributed by atoms with Crippen molar-refractivity contribution in [1.29, 1.82) is 0 Å². The highest BCUT2D eigenvalue weighted by Gasteiger charge is 2.24. The van der Waals surface area contributed by atoms with Crippen molar-refractivity contribution in [3.63, 3.8) is 0 Å². The molecular weight excluding hydrogens is 236 g/mol. The molecule has 0 spiro atoms. The van der Waals surface area contributed by atoms with E-state index in [2.05, 4.69) is 47.5 Å². The van der Waals surface area contributed by atoms with Crippen molar-refractivity contribution in [2.45, 2.75) is 31.8 Å². The SMILES string of the molecule is CCCNCC(O)CN1CCC(c2ccccc2)C1. The third kappa shape index (κ3) is 4.60. The van der Waals surface area contributed by atoms with E-state index in [1.165, 1.54) is 12.0 Å². The molecule has 3 heteroatoms. The fraction of sp³-hybridized carbons (Fsp3) is 0.625. The average Bonchev–Trinajstić information content (AvgIpc) is 2.88. The molecule has 0 bridgehead atoms. The van der Waals surface area contributed by atoms with Crippen LogP contribution >= 0.6 is 0 Å². The first-order valence-electron chi connectivity index (χ1n) is 7.45. The van der Waals surface area contributed by atoms with Crippen molar-refractivity contribution in [1.82, 2.24) is 10.2 Å². The molecule has 2 unspecified atom stereocenters. The summed E-state index contributed by atoms with van der Waals surface area (Å²) in [6, 6.07) is 10.7. The molecule has 0 amide bonds. The molecule has 2 atom stereocenters. The zero-order chi connectivity index (χ0) is 13.5. The van der Waals surface area contributed by atoms with E-state index in [9.17, 15) is 5.11 Å². The maximum atomic E-state index is 9.99. The summed E-state index contributed by atoms with van der Waals surface area (Å²) in [5.41, 5.74) is 1.43. The molecule has 0 saturated carbocycles. The molecule has 19 heavy (non-hydrogen) atoms. The number of rotatable bonds is 7. The Hall–Kier alpha value is -0.900. The van der Waals surface area contributed by atoms with Crippen molar-refractivity contribution in [3.8, 4) is 0 Å². The van der Waals surface area contributed by atoms with Gasteiger partial charge in [-0.25, -0.2) is 0 Å². The van der Waals surface area contributed by atoms with Crippen LogP contribution < -0.4 is 5.32 Å². The zero-order valence-electron chi connectivity index (χ0n) is 11.9. The highest BCUT2D eigenvalue weighted by Crippen LogP contribution is 2.26. The van der Waals surface area contributed by atoms with Crippen LogP contribution in [-0.4, -0.2) is 48.8 Å². The molecule has 2 N–H and O–H groups in total. The van der Waals surface area contributed by atoms with Gasteiger partial charge in [0, 0.05) is 19.6 Å². The molecule has 1 aliphatic heterocycles. The molecule has 0 aliphatic carbocycles. The number of benzene rings is 1. The van der Waals surface area contributed by atoms with Gasteiger partial charge in [0.05, 0.1) is 6.10 Å². The van der Waals surface area contributed by atoms with Gasteiger partial charge in [-0.15, -0.1) is 0 Å². The fourth-order valence-corrected chi connectivity index (χ4v) is 2.80. The quantitative estimate of drug-likeness (QED) is 0.736. The van der Waals surface area contributed by atoms with E-state index in [0.29, 0.717) is 12.5 Å². The molecule has 1 aromatic carbocycles. The van der Waals surface area contributed by atoms with Crippen LogP contribution in [0.2, 0.25) is 0 Å². The van der Waals surface area contributed by atoms with E-state index < -0.39 is 0 Å². The van der Waals surface area contributed by atoms with Gasteiger partial charge < -0.3 is 15.3 Å². The lowest BCUT2D eigenvalue weighted by Gasteiger charge is -2.20. The molecule has 1 saturated heterocycles. The normalized spacial score (nSPS) is 21.7. The molecule has 2 rings (SSSR count). The second-order valence-corrected chi connectivity index (χ2v) is 5.51. The highest BCUT2D eigenvalue weighted by atomic mass is 16.3. The molecular formula is C16H26N2O. The van der Waals surface area contributed by atoms with Crippen LogP contribution in [0.15, 0.2) is 30.3 Å². The minimum absolute atomic E-state index is 0.249. The maximum absolute atomic E-state index is 9.99. The van der Waals surface area contributed by atoms with Crippen molar-refractivity contribution in [3.05, 3.63) is 35.9 Å². The van der Waals surface area contributed by atoms with E-state index in [4.69, 9.17) is 0 Å². The van der Waals surface area contributed by atoms with Crippen LogP contribution in [-0.2, 0) is 0 Å². The predicted molar refractivity (Wildman–Crippen MR) is 79.4 cm³/mol. The molecule has 1 aliphatic rings. The zero-order valence-corrected chi connectivity index (χ0v) is 11.9. The van der Waals surface area contributed by atoms with Crippen LogP contribution in [0.25, 0.3) is 0 Å². The van der Waals surface area contributed by atoms with Crippen molar-refractivity contribution >= 4 is 0 Å². The van der Waals surface area contributed by atoms with E-state index in [-0.39, 0.29) is 6.10 Å². The number of nitrogens with one attached hydrogen (secondary N) is 1. The van der Waals surface area contributed by atoms with Gasteiger partial charge in [0.1, 0.15) is 0 Å². The smallest absolute Gasteiger partial charge is 0.0791 e. The van der Waals surface area contributed by atoms with Crippen LogP contribution in [0.5, 0.6) is 0 Å². The van der Waals surface area contributed by atoms with Gasteiger partial charge in [-0.1, -0.05) is 37.3 Å². The minimum Gasteiger partial charge on any atom is -0.390 e. The largest absolute Gasteiger partial charge is 0.390 e. The lowest BCUT2D eigenvalue weighted by Crippen LogP contribution is -2.37. The third-order valence-corrected chi connectivity index (χ3v) is 3.82. The standard InChI is InChI=1S/C16H26N2O/c1-2-9-17-11-16(19)13-18-10-8-15(12-18)14-6-4-3-5-7-14/h3-7,15-17,19H,2,8-13H2,1H3. The highest BCUT2D eigenvalue weighted by molar-refractivity contribution is 5.20. The first-order valence-corrected chi connectivity index (χ1v) is 7.45. The number of β-amino-alcohol motifs (C(OH)–C–C–N with tert-alkyl or cyclic N) is 1. The molecule has 0 radical (unpaired) electrons. The minimum atomic E-state index is -0.249. The van der Waals surface area contributed by atoms with Gasteiger partial charge in [-0.05, 0) is 37.4 Å². The van der Waals surface area contributed by atoms with Crippen LogP contribution in [0.3, 0.4) is 0 Å². The Morgan fingerprint density at radius 1 is 1.37 bits per heavy atom. The number of likely N-dealkylation sites (tertiary alicyclic amines) is 1. The Bertz CT molecular complexity index is 355. The number of hydrogen-bond acceptors (Lipinski definition) is 3. The summed E-state index contributed by atoms with van der Waals surface area (Å²) in [5, 5.41) is 13.3. The summed E-state index contributed by atoms with van der Waals surface area (Å²) in [7, 11) is 0. The Balaban J connectivity index is 1.73. The summed E-state index contributed by atoms with van der Waals surface area (Å²) < 4.78 is 0. The Morgan fingerprint density at radius 2 is 2.16 bits per heavy atom. The Morgan fingerprint density at radius 3 is 2.89 bits per heavy atom. The molecule has 1 aromatic rings. The second-order valence-electron chi connectivity index (χ2n) is 5.51. The van der Waals surface area contributed by atoms with E-state index >= 15 is 0 Å². The topological polar surface area (TPSA) is 35.5 Å². The number of hydrogen-bond donors (Lipinski definition) is 2. The summed E-state index contributed by atoms with van der Waals surface area (Å²) in [5.74, 6) is 0.636. The van der Waals surface area contributed by atoms with E-state index in [1.54, 1.807) is 0 Å². The van der Waals surface area contributed by atoms with Crippen molar-refractivity contribution in [2.75, 3.05) is 32.7 Å². The molecule has 106 valence electrons. The van der Waals surface area contributed by atoms with Gasteiger partial charge in [-0.2, -0.15) is 0 Å². The molecule has 3 nitrogen and oxygen atoms in total. The predicted octanol–water partition coefficient (Wildman–Crippen LogP) is 1.84. The van der Waals surface area contributed by atoms with Crippen LogP contribution in [0.4, 0.5) is 0 Å². The first-order chi connectivity index (χ1) is 9.29.